The zero-order valence-electron chi connectivity index (χ0n) is 11.1. The number of benzene rings is 1. The molecule has 0 radical (unpaired) electrons. The third-order valence-electron chi connectivity index (χ3n) is 3.39. The summed E-state index contributed by atoms with van der Waals surface area (Å²) in [5, 5.41) is 0.393. The van der Waals surface area contributed by atoms with Gasteiger partial charge in [-0.3, -0.25) is 0 Å². The monoisotopic (exact) mass is 300 g/mol. The maximum Gasteiger partial charge on any atom is 0.240 e. The Morgan fingerprint density at radius 1 is 1.42 bits per heavy atom. The molecule has 1 aromatic rings. The number of nitrogens with one attached hydrogen (secondary N) is 1. The Kier molecular flexibility index (Phi) is 4.76. The van der Waals surface area contributed by atoms with E-state index in [-0.39, 0.29) is 4.90 Å². The van der Waals surface area contributed by atoms with Gasteiger partial charge in [0.15, 0.2) is 0 Å². The summed E-state index contributed by atoms with van der Waals surface area (Å²) < 4.78 is 27.3. The van der Waals surface area contributed by atoms with Gasteiger partial charge >= 0.3 is 0 Å². The molecule has 1 heterocycles. The van der Waals surface area contributed by atoms with Gasteiger partial charge in [0.05, 0.1) is 4.90 Å². The molecule has 0 saturated carbocycles. The molecular formula is C13H20N2O2S2. The Bertz CT molecular complexity index is 538. The summed E-state index contributed by atoms with van der Waals surface area (Å²) >= 11 is 1.85. The van der Waals surface area contributed by atoms with Crippen molar-refractivity contribution in [3.05, 3.63) is 23.8 Å². The van der Waals surface area contributed by atoms with Gasteiger partial charge in [0.1, 0.15) is 0 Å². The van der Waals surface area contributed by atoms with E-state index in [0.717, 1.165) is 12.2 Å². The molecule has 0 aliphatic carbocycles. The Balaban J connectivity index is 2.07. The molecule has 3 N–H and O–H groups in total. The zero-order valence-corrected chi connectivity index (χ0v) is 12.7. The molecule has 2 rings (SSSR count). The SMILES string of the molecule is Cc1c(N)cccc1S(=O)(=O)NCC1CCCCS1. The maximum atomic E-state index is 12.3. The van der Waals surface area contributed by atoms with Crippen LogP contribution in [-0.4, -0.2) is 26.0 Å². The average Bonchev–Trinajstić information content (AvgIpc) is 2.41. The molecule has 1 aliphatic heterocycles. The van der Waals surface area contributed by atoms with Gasteiger partial charge in [0.25, 0.3) is 0 Å². The first-order valence-corrected chi connectivity index (χ1v) is 9.00. The predicted molar refractivity (Wildman–Crippen MR) is 80.9 cm³/mol. The maximum absolute atomic E-state index is 12.3. The van der Waals surface area contributed by atoms with Crippen molar-refractivity contribution >= 4 is 27.5 Å². The topological polar surface area (TPSA) is 72.2 Å². The highest BCUT2D eigenvalue weighted by atomic mass is 32.2. The van der Waals surface area contributed by atoms with Crippen molar-refractivity contribution in [2.45, 2.75) is 36.3 Å². The largest absolute Gasteiger partial charge is 0.398 e. The van der Waals surface area contributed by atoms with E-state index in [4.69, 9.17) is 5.73 Å². The smallest absolute Gasteiger partial charge is 0.240 e. The third-order valence-corrected chi connectivity index (χ3v) is 6.36. The lowest BCUT2D eigenvalue weighted by atomic mass is 10.2. The fraction of sp³-hybridized carbons (Fsp3) is 0.538. The second-order valence-electron chi connectivity index (χ2n) is 4.81. The Morgan fingerprint density at radius 3 is 2.89 bits per heavy atom. The van der Waals surface area contributed by atoms with Crippen LogP contribution in [0.5, 0.6) is 0 Å². The minimum absolute atomic E-state index is 0.285. The number of nitrogens with two attached hydrogens (primary N) is 1. The lowest BCUT2D eigenvalue weighted by molar-refractivity contribution is 0.573. The van der Waals surface area contributed by atoms with Crippen molar-refractivity contribution in [3.8, 4) is 0 Å². The van der Waals surface area contributed by atoms with Gasteiger partial charge in [-0.15, -0.1) is 0 Å². The highest BCUT2D eigenvalue weighted by Gasteiger charge is 2.21. The van der Waals surface area contributed by atoms with Gasteiger partial charge in [0.2, 0.25) is 10.0 Å². The molecule has 1 atom stereocenters. The van der Waals surface area contributed by atoms with Crippen LogP contribution in [0.4, 0.5) is 5.69 Å². The van der Waals surface area contributed by atoms with Crippen molar-refractivity contribution in [3.63, 3.8) is 0 Å². The van der Waals surface area contributed by atoms with E-state index in [1.807, 2.05) is 11.8 Å². The van der Waals surface area contributed by atoms with E-state index >= 15 is 0 Å². The molecule has 1 saturated heterocycles. The Labute approximate surface area is 119 Å². The van der Waals surface area contributed by atoms with Crippen LogP contribution < -0.4 is 10.5 Å². The fourth-order valence-electron chi connectivity index (χ4n) is 2.17. The fourth-order valence-corrected chi connectivity index (χ4v) is 4.87. The first kappa shape index (κ1) is 14.7. The van der Waals surface area contributed by atoms with Crippen molar-refractivity contribution in [2.24, 2.45) is 0 Å². The van der Waals surface area contributed by atoms with E-state index in [1.165, 1.54) is 12.8 Å². The van der Waals surface area contributed by atoms with E-state index in [9.17, 15) is 8.42 Å². The normalized spacial score (nSPS) is 20.4. The predicted octanol–water partition coefficient (Wildman–Crippen LogP) is 2.14. The Hall–Kier alpha value is -0.720. The molecule has 0 spiro atoms. The van der Waals surface area contributed by atoms with Crippen LogP contribution in [-0.2, 0) is 10.0 Å². The van der Waals surface area contributed by atoms with Crippen LogP contribution in [0.1, 0.15) is 24.8 Å². The molecule has 1 unspecified atom stereocenters. The number of hydrogen-bond acceptors (Lipinski definition) is 4. The van der Waals surface area contributed by atoms with Crippen LogP contribution in [0.2, 0.25) is 0 Å². The van der Waals surface area contributed by atoms with Crippen LogP contribution in [0.3, 0.4) is 0 Å². The summed E-state index contributed by atoms with van der Waals surface area (Å²) in [5.41, 5.74) is 6.89. The molecule has 4 nitrogen and oxygen atoms in total. The van der Waals surface area contributed by atoms with Crippen LogP contribution >= 0.6 is 11.8 Å². The average molecular weight is 300 g/mol. The molecular weight excluding hydrogens is 280 g/mol. The second kappa shape index (κ2) is 6.15. The van der Waals surface area contributed by atoms with E-state index in [1.54, 1.807) is 25.1 Å². The lowest BCUT2D eigenvalue weighted by Gasteiger charge is -2.21. The molecule has 0 aromatic heterocycles. The molecule has 106 valence electrons. The molecule has 1 fully saturated rings. The molecule has 0 bridgehead atoms. The molecule has 19 heavy (non-hydrogen) atoms. The van der Waals surface area contributed by atoms with Crippen molar-refractivity contribution < 1.29 is 8.42 Å². The Morgan fingerprint density at radius 2 is 2.21 bits per heavy atom. The van der Waals surface area contributed by atoms with Crippen LogP contribution in [0.15, 0.2) is 23.1 Å². The zero-order chi connectivity index (χ0) is 13.9. The highest BCUT2D eigenvalue weighted by Crippen LogP contribution is 2.25. The lowest BCUT2D eigenvalue weighted by Crippen LogP contribution is -2.32. The number of anilines is 1. The van der Waals surface area contributed by atoms with E-state index < -0.39 is 10.0 Å². The van der Waals surface area contributed by atoms with Crippen LogP contribution in [0.25, 0.3) is 0 Å². The highest BCUT2D eigenvalue weighted by molar-refractivity contribution is 8.00. The van der Waals surface area contributed by atoms with Crippen molar-refractivity contribution in [1.29, 1.82) is 0 Å². The summed E-state index contributed by atoms with van der Waals surface area (Å²) in [5.74, 6) is 1.13. The van der Waals surface area contributed by atoms with Crippen LogP contribution in [0, 0.1) is 6.92 Å². The van der Waals surface area contributed by atoms with E-state index in [0.29, 0.717) is 23.0 Å². The van der Waals surface area contributed by atoms with E-state index in [2.05, 4.69) is 4.72 Å². The summed E-state index contributed by atoms with van der Waals surface area (Å²) in [6, 6.07) is 4.99. The molecule has 1 aromatic carbocycles. The van der Waals surface area contributed by atoms with Gasteiger partial charge in [-0.1, -0.05) is 12.5 Å². The number of sulfonamides is 1. The molecule has 1 aliphatic rings. The summed E-state index contributed by atoms with van der Waals surface area (Å²) in [6.45, 7) is 2.24. The second-order valence-corrected chi connectivity index (χ2v) is 7.95. The van der Waals surface area contributed by atoms with Crippen molar-refractivity contribution in [2.75, 3.05) is 18.0 Å². The molecule has 6 heteroatoms. The summed E-state index contributed by atoms with van der Waals surface area (Å²) in [7, 11) is -3.46. The number of rotatable bonds is 4. The van der Waals surface area contributed by atoms with Gasteiger partial charge in [-0.05, 0) is 43.2 Å². The first-order valence-electron chi connectivity index (χ1n) is 6.47. The summed E-state index contributed by atoms with van der Waals surface area (Å²) in [4.78, 5) is 0.285. The number of hydrogen-bond donors (Lipinski definition) is 2. The van der Waals surface area contributed by atoms with Gasteiger partial charge < -0.3 is 5.73 Å². The summed E-state index contributed by atoms with van der Waals surface area (Å²) in [6.07, 6.45) is 3.52. The standard InChI is InChI=1S/C13H20N2O2S2/c1-10-12(14)6-4-7-13(10)19(16,17)15-9-11-5-2-3-8-18-11/h4,6-7,11,15H,2-3,5,8-9,14H2,1H3. The molecule has 0 amide bonds. The quantitative estimate of drug-likeness (QED) is 0.836. The number of thioether (sulfide) groups is 1. The first-order chi connectivity index (χ1) is 9.00. The van der Waals surface area contributed by atoms with Gasteiger partial charge in [0, 0.05) is 17.5 Å². The van der Waals surface area contributed by atoms with Crippen molar-refractivity contribution in [1.82, 2.24) is 4.72 Å². The minimum atomic E-state index is -3.46. The number of nitrogen functional groups attached to an aromatic ring is 1. The third kappa shape index (κ3) is 3.64. The van der Waals surface area contributed by atoms with Gasteiger partial charge in [-0.2, -0.15) is 11.8 Å². The van der Waals surface area contributed by atoms with Gasteiger partial charge in [-0.25, -0.2) is 13.1 Å². The minimum Gasteiger partial charge on any atom is -0.398 e.